The van der Waals surface area contributed by atoms with Crippen molar-refractivity contribution in [3.05, 3.63) is 120 Å². The predicted octanol–water partition coefficient (Wildman–Crippen LogP) is 8.08. The summed E-state index contributed by atoms with van der Waals surface area (Å²) in [5.41, 5.74) is 5.32. The predicted molar refractivity (Wildman–Crippen MR) is 158 cm³/mol. The van der Waals surface area contributed by atoms with Crippen LogP contribution in [0.15, 0.2) is 109 Å². The van der Waals surface area contributed by atoms with Crippen molar-refractivity contribution in [2.45, 2.75) is 42.8 Å². The molecule has 1 aliphatic rings. The maximum absolute atomic E-state index is 13.0. The van der Waals surface area contributed by atoms with Gasteiger partial charge in [0.2, 0.25) is 0 Å². The van der Waals surface area contributed by atoms with Crippen molar-refractivity contribution < 1.29 is 19.1 Å². The van der Waals surface area contributed by atoms with E-state index in [4.69, 9.17) is 9.47 Å². The Kier molecular flexibility index (Phi) is 8.79. The fourth-order valence-corrected chi connectivity index (χ4v) is 6.54. The lowest BCUT2D eigenvalue weighted by Gasteiger charge is -2.19. The first-order chi connectivity index (χ1) is 19.1. The number of thioether (sulfide) groups is 1. The third kappa shape index (κ3) is 6.79. The first-order valence-corrected chi connectivity index (χ1v) is 14.4. The molecule has 1 saturated heterocycles. The monoisotopic (exact) mass is 536 g/mol. The minimum absolute atomic E-state index is 0.0957. The highest BCUT2D eigenvalue weighted by atomic mass is 32.2. The summed E-state index contributed by atoms with van der Waals surface area (Å²) in [6.45, 7) is 2.36. The van der Waals surface area contributed by atoms with E-state index < -0.39 is 0 Å². The Morgan fingerprint density at radius 2 is 1.18 bits per heavy atom. The third-order valence-electron chi connectivity index (χ3n) is 6.98. The zero-order chi connectivity index (χ0) is 27.0. The number of hydrogen-bond acceptors (Lipinski definition) is 5. The van der Waals surface area contributed by atoms with Crippen LogP contribution in [0, 0.1) is 0 Å². The van der Waals surface area contributed by atoms with Gasteiger partial charge in [0, 0.05) is 5.25 Å². The van der Waals surface area contributed by atoms with Crippen LogP contribution in [-0.4, -0.2) is 35.1 Å². The third-order valence-corrected chi connectivity index (χ3v) is 8.58. The Morgan fingerprint density at radius 1 is 0.692 bits per heavy atom. The van der Waals surface area contributed by atoms with Gasteiger partial charge in [-0.05, 0) is 59.4 Å². The molecule has 0 bridgehead atoms. The van der Waals surface area contributed by atoms with Crippen molar-refractivity contribution in [2.24, 2.45) is 0 Å². The van der Waals surface area contributed by atoms with Crippen LogP contribution in [0.1, 0.15) is 46.9 Å². The Hall–Kier alpha value is -3.83. The van der Waals surface area contributed by atoms with Gasteiger partial charge in [0.25, 0.3) is 0 Å². The van der Waals surface area contributed by atoms with Crippen molar-refractivity contribution in [1.82, 2.24) is 0 Å². The van der Waals surface area contributed by atoms with E-state index in [1.165, 1.54) is 0 Å². The van der Waals surface area contributed by atoms with E-state index in [1.54, 1.807) is 23.9 Å². The van der Waals surface area contributed by atoms with Crippen LogP contribution in [0.2, 0.25) is 0 Å². The number of rotatable bonds is 9. The number of ether oxygens (including phenoxy) is 2. The molecular weight excluding hydrogens is 504 g/mol. The quantitative estimate of drug-likeness (QED) is 0.202. The van der Waals surface area contributed by atoms with E-state index in [2.05, 4.69) is 6.92 Å². The molecular formula is C34H32O4S. The van der Waals surface area contributed by atoms with Gasteiger partial charge < -0.3 is 9.47 Å². The molecule has 3 atom stereocenters. The van der Waals surface area contributed by atoms with Gasteiger partial charge in [-0.1, -0.05) is 98.3 Å². The van der Waals surface area contributed by atoms with Crippen molar-refractivity contribution in [3.63, 3.8) is 0 Å². The van der Waals surface area contributed by atoms with Gasteiger partial charge in [-0.2, -0.15) is 0 Å². The number of carbonyl (C=O) groups excluding carboxylic acids is 2. The zero-order valence-corrected chi connectivity index (χ0v) is 22.8. The van der Waals surface area contributed by atoms with Crippen molar-refractivity contribution in [3.8, 4) is 22.3 Å². The molecule has 4 aromatic rings. The van der Waals surface area contributed by atoms with Crippen LogP contribution in [0.4, 0.5) is 0 Å². The summed E-state index contributed by atoms with van der Waals surface area (Å²) >= 11 is 1.76. The average Bonchev–Trinajstić information content (AvgIpc) is 3.37. The molecule has 5 heteroatoms. The van der Waals surface area contributed by atoms with E-state index >= 15 is 0 Å². The van der Waals surface area contributed by atoms with Crippen LogP contribution in [-0.2, 0) is 9.47 Å². The second kappa shape index (κ2) is 12.8. The Balaban J connectivity index is 1.20. The highest BCUT2D eigenvalue weighted by molar-refractivity contribution is 8.00. The lowest BCUT2D eigenvalue weighted by atomic mass is 10.0. The van der Waals surface area contributed by atoms with Gasteiger partial charge >= 0.3 is 11.9 Å². The first-order valence-electron chi connectivity index (χ1n) is 13.4. The summed E-state index contributed by atoms with van der Waals surface area (Å²) in [4.78, 5) is 25.8. The molecule has 0 radical (unpaired) electrons. The highest BCUT2D eigenvalue weighted by Crippen LogP contribution is 2.39. The lowest BCUT2D eigenvalue weighted by molar-refractivity contribution is 0.0211. The highest BCUT2D eigenvalue weighted by Gasteiger charge is 2.38. The standard InChI is InChI=1S/C34H32O4S/c1-2-9-30-22-31(38-34(36)29-20-16-27(17-21-29)25-12-7-4-8-13-25)32(39-30)23-37-33(35)28-18-14-26(15-19-28)24-10-5-3-6-11-24/h3-8,10-21,30-32H,2,9,22-23H2,1H3/t30?,31-,32+/m1/s1. The summed E-state index contributed by atoms with van der Waals surface area (Å²) in [6, 6.07) is 35.1. The molecule has 0 N–H and O–H groups in total. The topological polar surface area (TPSA) is 52.6 Å². The normalized spacial score (nSPS) is 18.4. The van der Waals surface area contributed by atoms with Crippen LogP contribution < -0.4 is 0 Å². The minimum atomic E-state index is -0.365. The summed E-state index contributed by atoms with van der Waals surface area (Å²) < 4.78 is 11.7. The minimum Gasteiger partial charge on any atom is -0.461 e. The van der Waals surface area contributed by atoms with Crippen LogP contribution >= 0.6 is 11.8 Å². The average molecular weight is 537 g/mol. The van der Waals surface area contributed by atoms with Gasteiger partial charge in [-0.15, -0.1) is 11.8 Å². The second-order valence-corrected chi connectivity index (χ2v) is 11.3. The molecule has 1 unspecified atom stereocenters. The van der Waals surface area contributed by atoms with Crippen molar-refractivity contribution in [1.29, 1.82) is 0 Å². The number of esters is 2. The molecule has 39 heavy (non-hydrogen) atoms. The van der Waals surface area contributed by atoms with Crippen LogP contribution in [0.25, 0.3) is 22.3 Å². The van der Waals surface area contributed by atoms with Crippen LogP contribution in [0.3, 0.4) is 0 Å². The molecule has 198 valence electrons. The largest absolute Gasteiger partial charge is 0.461 e. The molecule has 0 spiro atoms. The molecule has 0 amide bonds. The number of benzene rings is 4. The Labute approximate surface area is 234 Å². The van der Waals surface area contributed by atoms with Gasteiger partial charge in [0.15, 0.2) is 0 Å². The SMILES string of the molecule is CCCC1C[C@@H](OC(=O)c2ccc(-c3ccccc3)cc2)[C@H](COC(=O)c2ccc(-c3ccccc3)cc2)S1. The fourth-order valence-electron chi connectivity index (χ4n) is 4.89. The summed E-state index contributed by atoms with van der Waals surface area (Å²) in [7, 11) is 0. The maximum atomic E-state index is 13.0. The van der Waals surface area contributed by atoms with E-state index in [9.17, 15) is 9.59 Å². The zero-order valence-electron chi connectivity index (χ0n) is 22.0. The van der Waals surface area contributed by atoms with E-state index in [0.29, 0.717) is 16.4 Å². The van der Waals surface area contributed by atoms with E-state index in [0.717, 1.165) is 41.5 Å². The maximum Gasteiger partial charge on any atom is 0.338 e. The van der Waals surface area contributed by atoms with Gasteiger partial charge in [0.1, 0.15) is 12.7 Å². The first kappa shape index (κ1) is 26.8. The molecule has 1 aliphatic heterocycles. The van der Waals surface area contributed by atoms with Gasteiger partial charge in [0.05, 0.1) is 16.4 Å². The summed E-state index contributed by atoms with van der Waals surface area (Å²) in [5.74, 6) is -0.707. The fraction of sp³-hybridized carbons (Fsp3) is 0.235. The summed E-state index contributed by atoms with van der Waals surface area (Å²) in [5, 5.41) is 0.281. The van der Waals surface area contributed by atoms with Gasteiger partial charge in [-0.25, -0.2) is 9.59 Å². The molecule has 4 nitrogen and oxygen atoms in total. The lowest BCUT2D eigenvalue weighted by Crippen LogP contribution is -2.29. The smallest absolute Gasteiger partial charge is 0.338 e. The Bertz CT molecular complexity index is 1370. The molecule has 5 rings (SSSR count). The van der Waals surface area contributed by atoms with Crippen molar-refractivity contribution >= 4 is 23.7 Å². The number of hydrogen-bond donors (Lipinski definition) is 0. The Morgan fingerprint density at radius 3 is 1.69 bits per heavy atom. The number of carbonyl (C=O) groups is 2. The molecule has 0 saturated carbocycles. The molecule has 1 fully saturated rings. The molecule has 4 aromatic carbocycles. The molecule has 1 heterocycles. The molecule has 0 aromatic heterocycles. The summed E-state index contributed by atoms with van der Waals surface area (Å²) in [6.07, 6.45) is 2.55. The van der Waals surface area contributed by atoms with E-state index in [1.807, 2.05) is 97.1 Å². The second-order valence-electron chi connectivity index (χ2n) is 9.75. The van der Waals surface area contributed by atoms with E-state index in [-0.39, 0.29) is 29.9 Å². The molecule has 0 aliphatic carbocycles. The van der Waals surface area contributed by atoms with Crippen LogP contribution in [0.5, 0.6) is 0 Å². The van der Waals surface area contributed by atoms with Crippen molar-refractivity contribution in [2.75, 3.05) is 6.61 Å². The van der Waals surface area contributed by atoms with Gasteiger partial charge in [-0.3, -0.25) is 0 Å².